The third-order valence-electron chi connectivity index (χ3n) is 5.22. The largest absolute Gasteiger partial charge is 0.460 e. The van der Waals surface area contributed by atoms with Gasteiger partial charge in [0, 0.05) is 35.7 Å². The molecule has 1 aromatic carbocycles. The molecule has 8 nitrogen and oxygen atoms in total. The van der Waals surface area contributed by atoms with E-state index in [1.54, 1.807) is 10.7 Å². The molecule has 8 heteroatoms. The number of furan rings is 1. The number of hydrogen-bond donors (Lipinski definition) is 1. The van der Waals surface area contributed by atoms with Crippen molar-refractivity contribution in [2.24, 2.45) is 0 Å². The molecule has 1 N–H and O–H groups in total. The number of carbonyl (C=O) groups excluding carboxylic acids is 1. The lowest BCUT2D eigenvalue weighted by Crippen LogP contribution is -2.48. The Labute approximate surface area is 175 Å². The van der Waals surface area contributed by atoms with Gasteiger partial charge >= 0.3 is 0 Å². The highest BCUT2D eigenvalue weighted by molar-refractivity contribution is 5.92. The number of nitrogens with one attached hydrogen (secondary N) is 1. The summed E-state index contributed by atoms with van der Waals surface area (Å²) in [5.41, 5.74) is 6.28. The quantitative estimate of drug-likeness (QED) is 0.699. The van der Waals surface area contributed by atoms with Crippen molar-refractivity contribution in [3.63, 3.8) is 0 Å². The lowest BCUT2D eigenvalue weighted by atomic mass is 10.1. The monoisotopic (exact) mass is 407 g/mol. The summed E-state index contributed by atoms with van der Waals surface area (Å²) in [4.78, 5) is 12.6. The maximum Gasteiger partial charge on any atom is 0.286 e. The first-order chi connectivity index (χ1) is 14.4. The van der Waals surface area contributed by atoms with Crippen molar-refractivity contribution < 1.29 is 13.9 Å². The highest BCUT2D eigenvalue weighted by Gasteiger charge is 2.19. The van der Waals surface area contributed by atoms with Gasteiger partial charge in [-0.15, -0.1) is 0 Å². The van der Waals surface area contributed by atoms with Crippen molar-refractivity contribution in [2.45, 2.75) is 33.2 Å². The molecule has 3 aromatic rings. The Kier molecular flexibility index (Phi) is 5.57. The molecule has 1 aliphatic heterocycles. The van der Waals surface area contributed by atoms with Crippen molar-refractivity contribution in [2.75, 3.05) is 26.3 Å². The number of carbonyl (C=O) groups is 1. The van der Waals surface area contributed by atoms with E-state index in [4.69, 9.17) is 9.15 Å². The first-order valence-corrected chi connectivity index (χ1v) is 10.1. The molecular formula is C22H25N5O3. The van der Waals surface area contributed by atoms with Crippen LogP contribution in [0.3, 0.4) is 0 Å². The summed E-state index contributed by atoms with van der Waals surface area (Å²) < 4.78 is 13.1. The van der Waals surface area contributed by atoms with Gasteiger partial charge in [0.2, 0.25) is 0 Å². The van der Waals surface area contributed by atoms with Crippen molar-refractivity contribution >= 4 is 16.9 Å². The van der Waals surface area contributed by atoms with Crippen LogP contribution < -0.4 is 5.43 Å². The topological polar surface area (TPSA) is 96.3 Å². The van der Waals surface area contributed by atoms with Crippen LogP contribution >= 0.6 is 0 Å². The average Bonchev–Trinajstić information content (AvgIpc) is 3.33. The maximum atomic E-state index is 12.6. The number of fused-ring (bicyclic) bond motifs is 1. The Bertz CT molecular complexity index is 1120. The van der Waals surface area contributed by atoms with Gasteiger partial charge in [0.05, 0.1) is 31.4 Å². The van der Waals surface area contributed by atoms with Crippen LogP contribution in [-0.4, -0.2) is 47.0 Å². The SMILES string of the molecule is Cc1cc(C(=O)NN2CCOCC2)nn1Cc1cc(C#N)cc2cc(C(C)C)oc12. The molecule has 0 saturated carbocycles. The van der Waals surface area contributed by atoms with Crippen LogP contribution in [0.5, 0.6) is 0 Å². The maximum absolute atomic E-state index is 12.6. The summed E-state index contributed by atoms with van der Waals surface area (Å²) in [5, 5.41) is 16.7. The molecule has 0 aliphatic carbocycles. The van der Waals surface area contributed by atoms with Crippen LogP contribution in [0.25, 0.3) is 11.0 Å². The van der Waals surface area contributed by atoms with Crippen LogP contribution in [0.15, 0.2) is 28.7 Å². The molecule has 30 heavy (non-hydrogen) atoms. The number of hydrazine groups is 1. The van der Waals surface area contributed by atoms with Gasteiger partial charge in [-0.25, -0.2) is 5.01 Å². The summed E-state index contributed by atoms with van der Waals surface area (Å²) in [5.74, 6) is 0.886. The summed E-state index contributed by atoms with van der Waals surface area (Å²) >= 11 is 0. The molecular weight excluding hydrogens is 382 g/mol. The van der Waals surface area contributed by atoms with Crippen LogP contribution in [0.2, 0.25) is 0 Å². The number of hydrogen-bond acceptors (Lipinski definition) is 6. The van der Waals surface area contributed by atoms with Gasteiger partial charge in [-0.1, -0.05) is 13.8 Å². The third-order valence-corrected chi connectivity index (χ3v) is 5.22. The second kappa shape index (κ2) is 8.30. The predicted molar refractivity (Wildman–Crippen MR) is 111 cm³/mol. The zero-order valence-electron chi connectivity index (χ0n) is 17.4. The number of nitriles is 1. The van der Waals surface area contributed by atoms with E-state index < -0.39 is 0 Å². The first kappa shape index (κ1) is 20.1. The lowest BCUT2D eigenvalue weighted by molar-refractivity contribution is 0.0124. The van der Waals surface area contributed by atoms with Gasteiger partial charge in [0.25, 0.3) is 5.91 Å². The number of benzene rings is 1. The zero-order chi connectivity index (χ0) is 21.3. The average molecular weight is 407 g/mol. The predicted octanol–water partition coefficient (Wildman–Crippen LogP) is 2.96. The van der Waals surface area contributed by atoms with Crippen LogP contribution in [0.1, 0.15) is 52.8 Å². The standard InChI is InChI=1S/C22H25N5O3/c1-14(2)20-11-17-9-16(12-23)10-18(21(17)30-20)13-27-15(3)8-19(24-27)22(28)25-26-4-6-29-7-5-26/h8-11,14H,4-7,13H2,1-3H3,(H,25,28). The molecule has 156 valence electrons. The molecule has 0 atom stereocenters. The fraction of sp³-hybridized carbons (Fsp3) is 0.409. The second-order valence-corrected chi connectivity index (χ2v) is 7.84. The molecule has 3 heterocycles. The van der Waals surface area contributed by atoms with E-state index in [-0.39, 0.29) is 11.8 Å². The van der Waals surface area contributed by atoms with Crippen molar-refractivity contribution in [1.82, 2.24) is 20.2 Å². The minimum atomic E-state index is -0.241. The van der Waals surface area contributed by atoms with Crippen molar-refractivity contribution in [3.8, 4) is 6.07 Å². The smallest absolute Gasteiger partial charge is 0.286 e. The van der Waals surface area contributed by atoms with Gasteiger partial charge in [-0.3, -0.25) is 14.9 Å². The van der Waals surface area contributed by atoms with Crippen LogP contribution in [0.4, 0.5) is 0 Å². The van der Waals surface area contributed by atoms with Crippen molar-refractivity contribution in [1.29, 1.82) is 5.26 Å². The molecule has 0 bridgehead atoms. The molecule has 1 saturated heterocycles. The second-order valence-electron chi connectivity index (χ2n) is 7.84. The minimum absolute atomic E-state index is 0.241. The Morgan fingerprint density at radius 1 is 1.27 bits per heavy atom. The summed E-state index contributed by atoms with van der Waals surface area (Å²) in [7, 11) is 0. The molecule has 2 aromatic heterocycles. The lowest BCUT2D eigenvalue weighted by Gasteiger charge is -2.26. The molecule has 1 aliphatic rings. The summed E-state index contributed by atoms with van der Waals surface area (Å²) in [6.07, 6.45) is 0. The fourth-order valence-corrected chi connectivity index (χ4v) is 3.53. The number of ether oxygens (including phenoxy) is 1. The summed E-state index contributed by atoms with van der Waals surface area (Å²) in [6.45, 7) is 8.96. The Hall–Kier alpha value is -3.15. The molecule has 4 rings (SSSR count). The number of nitrogens with zero attached hydrogens (tertiary/aromatic N) is 4. The molecule has 0 unspecified atom stereocenters. The summed E-state index contributed by atoms with van der Waals surface area (Å²) in [6, 6.07) is 9.63. The third kappa shape index (κ3) is 4.08. The Morgan fingerprint density at radius 3 is 2.73 bits per heavy atom. The van der Waals surface area contributed by atoms with E-state index in [0.717, 1.165) is 28.0 Å². The fourth-order valence-electron chi connectivity index (χ4n) is 3.53. The number of morpholine rings is 1. The van der Waals surface area contributed by atoms with Gasteiger partial charge < -0.3 is 9.15 Å². The van der Waals surface area contributed by atoms with E-state index in [0.29, 0.717) is 44.1 Å². The molecule has 1 fully saturated rings. The van der Waals surface area contributed by atoms with E-state index in [9.17, 15) is 10.1 Å². The highest BCUT2D eigenvalue weighted by atomic mass is 16.5. The Morgan fingerprint density at radius 2 is 2.03 bits per heavy atom. The molecule has 0 spiro atoms. The van der Waals surface area contributed by atoms with E-state index in [2.05, 4.69) is 30.4 Å². The van der Waals surface area contributed by atoms with Crippen LogP contribution in [0, 0.1) is 18.3 Å². The minimum Gasteiger partial charge on any atom is -0.460 e. The number of aryl methyl sites for hydroxylation is 1. The van der Waals surface area contributed by atoms with Gasteiger partial charge in [0.1, 0.15) is 11.3 Å². The molecule has 1 amide bonds. The normalized spacial score (nSPS) is 14.9. The van der Waals surface area contributed by atoms with Gasteiger partial charge in [0.15, 0.2) is 5.69 Å². The zero-order valence-corrected chi connectivity index (χ0v) is 17.4. The van der Waals surface area contributed by atoms with E-state index in [1.807, 2.05) is 30.1 Å². The van der Waals surface area contributed by atoms with E-state index >= 15 is 0 Å². The van der Waals surface area contributed by atoms with Crippen LogP contribution in [-0.2, 0) is 11.3 Å². The first-order valence-electron chi connectivity index (χ1n) is 10.1. The Balaban J connectivity index is 1.60. The number of rotatable bonds is 5. The number of amides is 1. The number of aromatic nitrogens is 2. The molecule has 0 radical (unpaired) electrons. The van der Waals surface area contributed by atoms with Gasteiger partial charge in [-0.05, 0) is 31.2 Å². The van der Waals surface area contributed by atoms with E-state index in [1.165, 1.54) is 0 Å². The van der Waals surface area contributed by atoms with Crippen molar-refractivity contribution in [3.05, 3.63) is 52.5 Å². The van der Waals surface area contributed by atoms with Gasteiger partial charge in [-0.2, -0.15) is 10.4 Å². The highest BCUT2D eigenvalue weighted by Crippen LogP contribution is 2.29.